The van der Waals surface area contributed by atoms with Gasteiger partial charge in [0, 0.05) is 6.61 Å². The number of aliphatic hydroxyl groups is 1. The Bertz CT molecular complexity index is 98.3. The van der Waals surface area contributed by atoms with Crippen molar-refractivity contribution >= 4 is 0 Å². The van der Waals surface area contributed by atoms with Crippen LogP contribution < -0.4 is 11.1 Å². The topological polar surface area (TPSA) is 58.3 Å². The Morgan fingerprint density at radius 3 is 2.91 bits per heavy atom. The van der Waals surface area contributed by atoms with E-state index in [4.69, 9.17) is 10.8 Å². The van der Waals surface area contributed by atoms with Crippen LogP contribution in [0.3, 0.4) is 0 Å². The predicted octanol–water partition coefficient (Wildman–Crippen LogP) is -0.447. The Kier molecular flexibility index (Phi) is 3.83. The molecule has 0 amide bonds. The molecule has 3 nitrogen and oxygen atoms in total. The Labute approximate surface area is 68.0 Å². The average Bonchev–Trinajstić information content (AvgIpc) is 2.09. The van der Waals surface area contributed by atoms with Crippen LogP contribution in [0.2, 0.25) is 0 Å². The molecule has 2 atom stereocenters. The van der Waals surface area contributed by atoms with Crippen molar-refractivity contribution in [3.63, 3.8) is 0 Å². The summed E-state index contributed by atoms with van der Waals surface area (Å²) in [6, 6.07) is 0. The lowest BCUT2D eigenvalue weighted by Gasteiger charge is -2.28. The molecule has 1 aliphatic heterocycles. The third kappa shape index (κ3) is 2.43. The minimum absolute atomic E-state index is 0.239. The van der Waals surface area contributed by atoms with Gasteiger partial charge < -0.3 is 16.2 Å². The average molecular weight is 158 g/mol. The summed E-state index contributed by atoms with van der Waals surface area (Å²) in [7, 11) is 0. The van der Waals surface area contributed by atoms with E-state index in [1.54, 1.807) is 0 Å². The maximum absolute atomic E-state index is 8.97. The lowest BCUT2D eigenvalue weighted by Crippen LogP contribution is -2.38. The molecular weight excluding hydrogens is 140 g/mol. The number of piperidine rings is 1. The highest BCUT2D eigenvalue weighted by Gasteiger charge is 2.21. The molecule has 0 saturated carbocycles. The third-order valence-electron chi connectivity index (χ3n) is 2.54. The van der Waals surface area contributed by atoms with Crippen LogP contribution in [0.4, 0.5) is 0 Å². The van der Waals surface area contributed by atoms with Crippen LogP contribution in [-0.4, -0.2) is 31.3 Å². The molecule has 66 valence electrons. The molecule has 0 aromatic carbocycles. The molecule has 0 aliphatic carbocycles. The molecule has 0 spiro atoms. The second-order valence-electron chi connectivity index (χ2n) is 3.28. The normalized spacial score (nSPS) is 28.4. The molecule has 0 bridgehead atoms. The quantitative estimate of drug-likeness (QED) is 0.521. The van der Waals surface area contributed by atoms with Gasteiger partial charge in [-0.3, -0.25) is 0 Å². The van der Waals surface area contributed by atoms with Crippen molar-refractivity contribution in [2.24, 2.45) is 17.6 Å². The van der Waals surface area contributed by atoms with Gasteiger partial charge in [0.05, 0.1) is 0 Å². The van der Waals surface area contributed by atoms with E-state index in [1.807, 2.05) is 0 Å². The summed E-state index contributed by atoms with van der Waals surface area (Å²) in [5.74, 6) is 0.904. The van der Waals surface area contributed by atoms with E-state index in [2.05, 4.69) is 5.32 Å². The van der Waals surface area contributed by atoms with Crippen LogP contribution in [0, 0.1) is 11.8 Å². The summed E-state index contributed by atoms with van der Waals surface area (Å²) in [6.07, 6.45) is 2.44. The second-order valence-corrected chi connectivity index (χ2v) is 3.28. The van der Waals surface area contributed by atoms with Crippen LogP contribution in [0.25, 0.3) is 0 Å². The van der Waals surface area contributed by atoms with E-state index in [9.17, 15) is 0 Å². The number of nitrogens with two attached hydrogens (primary N) is 1. The minimum Gasteiger partial charge on any atom is -0.396 e. The Balaban J connectivity index is 2.30. The van der Waals surface area contributed by atoms with Crippen molar-refractivity contribution in [3.8, 4) is 0 Å². The van der Waals surface area contributed by atoms with Gasteiger partial charge in [0.25, 0.3) is 0 Å². The van der Waals surface area contributed by atoms with Gasteiger partial charge in [-0.05, 0) is 44.3 Å². The number of nitrogens with one attached hydrogen (secondary N) is 1. The highest BCUT2D eigenvalue weighted by molar-refractivity contribution is 4.76. The molecule has 1 rings (SSSR count). The number of hydrogen-bond donors (Lipinski definition) is 3. The summed E-state index contributed by atoms with van der Waals surface area (Å²) >= 11 is 0. The number of aliphatic hydroxyl groups excluding tert-OH is 1. The highest BCUT2D eigenvalue weighted by Crippen LogP contribution is 2.18. The van der Waals surface area contributed by atoms with E-state index in [0.717, 1.165) is 13.1 Å². The maximum Gasteiger partial charge on any atom is 0.0474 e. The predicted molar refractivity (Wildman–Crippen MR) is 45.2 cm³/mol. The van der Waals surface area contributed by atoms with E-state index in [1.165, 1.54) is 12.8 Å². The lowest BCUT2D eigenvalue weighted by atomic mass is 9.87. The first-order chi connectivity index (χ1) is 5.38. The highest BCUT2D eigenvalue weighted by atomic mass is 16.3. The molecule has 4 N–H and O–H groups in total. The SMILES string of the molecule is NCC(CO)C1CCCNC1. The fourth-order valence-corrected chi connectivity index (χ4v) is 1.70. The zero-order chi connectivity index (χ0) is 8.10. The third-order valence-corrected chi connectivity index (χ3v) is 2.54. The van der Waals surface area contributed by atoms with Gasteiger partial charge in [0.2, 0.25) is 0 Å². The fourth-order valence-electron chi connectivity index (χ4n) is 1.70. The lowest BCUT2D eigenvalue weighted by molar-refractivity contribution is 0.160. The number of hydrogen-bond acceptors (Lipinski definition) is 3. The molecule has 1 heterocycles. The molecule has 11 heavy (non-hydrogen) atoms. The zero-order valence-corrected chi connectivity index (χ0v) is 6.92. The number of rotatable bonds is 3. The first kappa shape index (κ1) is 8.97. The summed E-state index contributed by atoms with van der Waals surface area (Å²) in [5, 5.41) is 12.3. The van der Waals surface area contributed by atoms with Crippen molar-refractivity contribution in [3.05, 3.63) is 0 Å². The fraction of sp³-hybridized carbons (Fsp3) is 1.00. The van der Waals surface area contributed by atoms with Gasteiger partial charge >= 0.3 is 0 Å². The standard InChI is InChI=1S/C8H18N2O/c9-4-8(6-11)7-2-1-3-10-5-7/h7-8,10-11H,1-6,9H2. The Morgan fingerprint density at radius 1 is 1.64 bits per heavy atom. The Hall–Kier alpha value is -0.120. The molecule has 1 saturated heterocycles. The van der Waals surface area contributed by atoms with Crippen LogP contribution in [0.15, 0.2) is 0 Å². The van der Waals surface area contributed by atoms with E-state index in [-0.39, 0.29) is 6.61 Å². The molecule has 2 unspecified atom stereocenters. The van der Waals surface area contributed by atoms with Crippen molar-refractivity contribution in [2.45, 2.75) is 12.8 Å². The second kappa shape index (κ2) is 4.70. The largest absolute Gasteiger partial charge is 0.396 e. The van der Waals surface area contributed by atoms with Crippen LogP contribution in [-0.2, 0) is 0 Å². The maximum atomic E-state index is 8.97. The molecule has 1 aliphatic rings. The molecule has 0 aromatic heterocycles. The van der Waals surface area contributed by atoms with E-state index in [0.29, 0.717) is 18.4 Å². The van der Waals surface area contributed by atoms with Gasteiger partial charge in [0.15, 0.2) is 0 Å². The molecular formula is C8H18N2O. The molecule has 1 fully saturated rings. The monoisotopic (exact) mass is 158 g/mol. The van der Waals surface area contributed by atoms with Gasteiger partial charge in [-0.15, -0.1) is 0 Å². The smallest absolute Gasteiger partial charge is 0.0474 e. The van der Waals surface area contributed by atoms with E-state index >= 15 is 0 Å². The summed E-state index contributed by atoms with van der Waals surface area (Å²) in [6.45, 7) is 3.01. The van der Waals surface area contributed by atoms with E-state index < -0.39 is 0 Å². The summed E-state index contributed by atoms with van der Waals surface area (Å²) in [4.78, 5) is 0. The van der Waals surface area contributed by atoms with Gasteiger partial charge in [-0.1, -0.05) is 0 Å². The first-order valence-electron chi connectivity index (χ1n) is 4.40. The van der Waals surface area contributed by atoms with Crippen molar-refractivity contribution in [1.29, 1.82) is 0 Å². The Morgan fingerprint density at radius 2 is 2.45 bits per heavy atom. The molecule has 0 aromatic rings. The van der Waals surface area contributed by atoms with Crippen molar-refractivity contribution in [2.75, 3.05) is 26.2 Å². The zero-order valence-electron chi connectivity index (χ0n) is 6.92. The summed E-state index contributed by atoms with van der Waals surface area (Å²) < 4.78 is 0. The minimum atomic E-state index is 0.239. The molecule has 0 radical (unpaired) electrons. The van der Waals surface area contributed by atoms with Crippen LogP contribution >= 0.6 is 0 Å². The van der Waals surface area contributed by atoms with Gasteiger partial charge in [-0.25, -0.2) is 0 Å². The van der Waals surface area contributed by atoms with Crippen LogP contribution in [0.5, 0.6) is 0 Å². The van der Waals surface area contributed by atoms with Crippen LogP contribution in [0.1, 0.15) is 12.8 Å². The van der Waals surface area contributed by atoms with Gasteiger partial charge in [0.1, 0.15) is 0 Å². The molecule has 3 heteroatoms. The van der Waals surface area contributed by atoms with Crippen molar-refractivity contribution in [1.82, 2.24) is 5.32 Å². The van der Waals surface area contributed by atoms with Crippen molar-refractivity contribution < 1.29 is 5.11 Å². The first-order valence-corrected chi connectivity index (χ1v) is 4.40. The summed E-state index contributed by atoms with van der Waals surface area (Å²) in [5.41, 5.74) is 5.53. The van der Waals surface area contributed by atoms with Gasteiger partial charge in [-0.2, -0.15) is 0 Å².